The third-order valence-corrected chi connectivity index (χ3v) is 9.76. The highest BCUT2D eigenvalue weighted by atomic mass is 19.4. The molecule has 0 bridgehead atoms. The zero-order valence-corrected chi connectivity index (χ0v) is 29.8. The first-order valence-electron chi connectivity index (χ1n) is 18.2. The molecule has 11 heteroatoms. The Morgan fingerprint density at radius 1 is 0.604 bits per heavy atom. The number of phenols is 1. The van der Waals surface area contributed by atoms with Crippen LogP contribution in [0.2, 0.25) is 0 Å². The fourth-order valence-corrected chi connectivity index (χ4v) is 6.94. The minimum Gasteiger partial charge on any atom is -0.503 e. The van der Waals surface area contributed by atoms with Crippen molar-refractivity contribution in [2.75, 3.05) is 19.8 Å². The molecular formula is C42H45F7O4. The molecule has 2 aliphatic heterocycles. The van der Waals surface area contributed by atoms with E-state index in [-0.39, 0.29) is 17.8 Å². The molecule has 0 aromatic heterocycles. The lowest BCUT2D eigenvalue weighted by Gasteiger charge is -2.29. The van der Waals surface area contributed by atoms with E-state index in [1.165, 1.54) is 19.3 Å². The standard InChI is InChI=1S/C22H23F5O2.C20H22F2O2/c1-2-3-14-4-9-20(28-12-14)16-7-5-15(6-8-16)17-10-18(23)21(19(24)11-17)29-13-22(25,26)27;1-2-3-13-4-9-19(24-12-13)15-7-5-14(6-8-15)16-10-17(21)20(23)18(22)11-16/h5-8,10-11,14,20H,2-4,9,12-13H2,1H3;5-8,10-11,13,19,23H,2-4,9,12H2,1H3. The van der Waals surface area contributed by atoms with Crippen LogP contribution in [0.5, 0.6) is 11.5 Å². The van der Waals surface area contributed by atoms with E-state index in [1.54, 1.807) is 12.1 Å². The van der Waals surface area contributed by atoms with Gasteiger partial charge in [0.2, 0.25) is 0 Å². The number of hydrogen-bond donors (Lipinski definition) is 1. The van der Waals surface area contributed by atoms with Crippen LogP contribution in [0.15, 0.2) is 72.8 Å². The number of phenolic OH excluding ortho intramolecular Hbond substituents is 1. The average Bonchev–Trinajstić information content (AvgIpc) is 3.14. The second kappa shape index (κ2) is 18.3. The molecule has 0 amide bonds. The second-order valence-electron chi connectivity index (χ2n) is 13.8. The first kappa shape index (κ1) is 40.1. The van der Waals surface area contributed by atoms with E-state index < -0.39 is 47.6 Å². The topological polar surface area (TPSA) is 47.9 Å². The molecule has 2 aliphatic rings. The molecule has 0 radical (unpaired) electrons. The van der Waals surface area contributed by atoms with Crippen molar-refractivity contribution in [1.29, 1.82) is 0 Å². The van der Waals surface area contributed by atoms with E-state index in [0.717, 1.165) is 80.7 Å². The average molecular weight is 747 g/mol. The van der Waals surface area contributed by atoms with Gasteiger partial charge in [-0.2, -0.15) is 13.2 Å². The number of halogens is 7. The van der Waals surface area contributed by atoms with Crippen LogP contribution in [-0.2, 0) is 9.47 Å². The van der Waals surface area contributed by atoms with Crippen LogP contribution in [-0.4, -0.2) is 31.1 Å². The van der Waals surface area contributed by atoms with Crippen LogP contribution in [0, 0.1) is 35.1 Å². The van der Waals surface area contributed by atoms with Gasteiger partial charge in [-0.1, -0.05) is 75.2 Å². The summed E-state index contributed by atoms with van der Waals surface area (Å²) in [5, 5.41) is 9.18. The van der Waals surface area contributed by atoms with E-state index >= 15 is 0 Å². The molecule has 4 atom stereocenters. The van der Waals surface area contributed by atoms with Gasteiger partial charge in [0.25, 0.3) is 0 Å². The number of rotatable bonds is 10. The molecule has 2 heterocycles. The van der Waals surface area contributed by atoms with E-state index in [0.29, 0.717) is 28.5 Å². The van der Waals surface area contributed by atoms with Crippen molar-refractivity contribution in [3.05, 3.63) is 107 Å². The van der Waals surface area contributed by atoms with E-state index in [9.17, 15) is 35.8 Å². The summed E-state index contributed by atoms with van der Waals surface area (Å²) in [5.74, 6) is -4.96. The summed E-state index contributed by atoms with van der Waals surface area (Å²) in [7, 11) is 0. The fraction of sp³-hybridized carbons (Fsp3) is 0.429. The molecule has 4 unspecified atom stereocenters. The van der Waals surface area contributed by atoms with Gasteiger partial charge in [-0.15, -0.1) is 0 Å². The van der Waals surface area contributed by atoms with Crippen LogP contribution in [0.1, 0.15) is 88.5 Å². The van der Waals surface area contributed by atoms with Crippen LogP contribution in [0.25, 0.3) is 22.3 Å². The van der Waals surface area contributed by atoms with E-state index in [4.69, 9.17) is 9.47 Å². The molecule has 53 heavy (non-hydrogen) atoms. The van der Waals surface area contributed by atoms with Gasteiger partial charge in [0.05, 0.1) is 25.4 Å². The summed E-state index contributed by atoms with van der Waals surface area (Å²) in [6, 6.07) is 18.9. The van der Waals surface area contributed by atoms with Gasteiger partial charge in [0.15, 0.2) is 41.4 Å². The van der Waals surface area contributed by atoms with Gasteiger partial charge >= 0.3 is 6.18 Å². The normalized spacial score (nSPS) is 20.4. The first-order valence-corrected chi connectivity index (χ1v) is 18.2. The lowest BCUT2D eigenvalue weighted by Crippen LogP contribution is -2.20. The maximum absolute atomic E-state index is 14.1. The molecule has 1 N–H and O–H groups in total. The van der Waals surface area contributed by atoms with E-state index in [1.807, 2.05) is 36.4 Å². The largest absolute Gasteiger partial charge is 0.503 e. The molecule has 2 saturated heterocycles. The summed E-state index contributed by atoms with van der Waals surface area (Å²) in [6.07, 6.45) is 4.34. The van der Waals surface area contributed by atoms with Crippen LogP contribution in [0.3, 0.4) is 0 Å². The van der Waals surface area contributed by atoms with Crippen molar-refractivity contribution in [3.8, 4) is 33.8 Å². The van der Waals surface area contributed by atoms with Crippen LogP contribution < -0.4 is 4.74 Å². The maximum Gasteiger partial charge on any atom is 0.422 e. The number of alkyl halides is 3. The third kappa shape index (κ3) is 11.0. The van der Waals surface area contributed by atoms with Gasteiger partial charge < -0.3 is 19.3 Å². The summed E-state index contributed by atoms with van der Waals surface area (Å²) >= 11 is 0. The maximum atomic E-state index is 14.1. The lowest BCUT2D eigenvalue weighted by molar-refractivity contribution is -0.154. The Labute approximate surface area is 305 Å². The molecule has 4 aromatic rings. The molecule has 2 fully saturated rings. The zero-order valence-electron chi connectivity index (χ0n) is 29.8. The van der Waals surface area contributed by atoms with Crippen molar-refractivity contribution < 1.29 is 50.1 Å². The quantitative estimate of drug-likeness (QED) is 0.164. The predicted molar refractivity (Wildman–Crippen MR) is 189 cm³/mol. The molecule has 4 aromatic carbocycles. The van der Waals surface area contributed by atoms with Crippen molar-refractivity contribution in [2.24, 2.45) is 11.8 Å². The van der Waals surface area contributed by atoms with Crippen molar-refractivity contribution in [2.45, 2.75) is 83.6 Å². The third-order valence-electron chi connectivity index (χ3n) is 9.76. The molecule has 4 nitrogen and oxygen atoms in total. The minimum absolute atomic E-state index is 0.00349. The second-order valence-corrected chi connectivity index (χ2v) is 13.8. The summed E-state index contributed by atoms with van der Waals surface area (Å²) in [4.78, 5) is 0. The van der Waals surface area contributed by atoms with Gasteiger partial charge in [-0.05, 0) is 108 Å². The van der Waals surface area contributed by atoms with E-state index in [2.05, 4.69) is 18.6 Å². The van der Waals surface area contributed by atoms with Gasteiger partial charge in [0, 0.05) is 0 Å². The van der Waals surface area contributed by atoms with Gasteiger partial charge in [0.1, 0.15) is 0 Å². The van der Waals surface area contributed by atoms with Crippen molar-refractivity contribution in [3.63, 3.8) is 0 Å². The lowest BCUT2D eigenvalue weighted by atomic mass is 9.91. The summed E-state index contributed by atoms with van der Waals surface area (Å²) in [5.41, 5.74) is 3.97. The first-order chi connectivity index (χ1) is 25.3. The van der Waals surface area contributed by atoms with Crippen molar-refractivity contribution in [1.82, 2.24) is 0 Å². The number of hydrogen-bond acceptors (Lipinski definition) is 4. The highest BCUT2D eigenvalue weighted by molar-refractivity contribution is 5.66. The predicted octanol–water partition coefficient (Wildman–Crippen LogP) is 12.4. The Morgan fingerprint density at radius 2 is 1.00 bits per heavy atom. The Balaban J connectivity index is 0.000000208. The molecule has 0 saturated carbocycles. The molecule has 286 valence electrons. The molecule has 0 spiro atoms. The highest BCUT2D eigenvalue weighted by Crippen LogP contribution is 2.36. The fourth-order valence-electron chi connectivity index (χ4n) is 6.94. The number of ether oxygens (including phenoxy) is 3. The van der Waals surface area contributed by atoms with Gasteiger partial charge in [-0.3, -0.25) is 0 Å². The summed E-state index contributed by atoms with van der Waals surface area (Å²) < 4.78 is 108. The molecular weight excluding hydrogens is 701 g/mol. The Kier molecular flexibility index (Phi) is 13.8. The smallest absolute Gasteiger partial charge is 0.422 e. The monoisotopic (exact) mass is 746 g/mol. The molecule has 6 rings (SSSR count). The van der Waals surface area contributed by atoms with Gasteiger partial charge in [-0.25, -0.2) is 17.6 Å². The number of benzene rings is 4. The Morgan fingerprint density at radius 3 is 1.34 bits per heavy atom. The van der Waals surface area contributed by atoms with Crippen molar-refractivity contribution >= 4 is 0 Å². The Hall–Kier alpha value is -4.09. The van der Waals surface area contributed by atoms with Crippen LogP contribution >= 0.6 is 0 Å². The number of aromatic hydroxyl groups is 1. The van der Waals surface area contributed by atoms with Crippen LogP contribution in [0.4, 0.5) is 30.7 Å². The molecule has 0 aliphatic carbocycles. The highest BCUT2D eigenvalue weighted by Gasteiger charge is 2.30. The zero-order chi connectivity index (χ0) is 38.1. The Bertz CT molecular complexity index is 1710. The SMILES string of the molecule is CCCC1CCC(c2ccc(-c3cc(F)c(O)c(F)c3)cc2)OC1.CCCC1CCC(c2ccc(-c3cc(F)c(OCC(F)(F)F)c(F)c3)cc2)OC1. The minimum atomic E-state index is -4.68. The summed E-state index contributed by atoms with van der Waals surface area (Å²) in [6.45, 7) is 4.13.